The minimum absolute atomic E-state index is 0.0211. The normalized spacial score (nSPS) is 17.5. The second-order valence-corrected chi connectivity index (χ2v) is 10.9. The van der Waals surface area contributed by atoms with Crippen molar-refractivity contribution in [3.05, 3.63) is 71.4 Å². The minimum atomic E-state index is -3.86. The van der Waals surface area contributed by atoms with Crippen molar-refractivity contribution in [2.45, 2.75) is 37.5 Å². The molecule has 1 aliphatic rings. The fraction of sp³-hybridized carbons (Fsp3) is 0.250. The highest BCUT2D eigenvalue weighted by Gasteiger charge is 2.25. The Morgan fingerprint density at radius 3 is 2.81 bits per heavy atom. The van der Waals surface area contributed by atoms with Crippen LogP contribution in [0.15, 0.2) is 60.1 Å². The molecule has 12 heteroatoms. The van der Waals surface area contributed by atoms with Crippen LogP contribution in [0.2, 0.25) is 5.02 Å². The molecule has 4 aromatic rings. The van der Waals surface area contributed by atoms with E-state index in [0.29, 0.717) is 40.1 Å². The standard InChI is InChI=1S/C24H22ClFN6O3S/c25-16-9-19-20(13-32(24(19)28-11-16)36(34,35)14-15-5-2-1-3-6-15)22-27-12-21(26)23(30-22)29-17-7-4-8-18(10-17)31-33/h1-3,5-6,9,11-13,17,33H,4,7-8,10,14H2,(H,27,29,30)/t17-/m0/s1. The van der Waals surface area contributed by atoms with Crippen LogP contribution in [0.1, 0.15) is 31.2 Å². The maximum Gasteiger partial charge on any atom is 0.244 e. The lowest BCUT2D eigenvalue weighted by Gasteiger charge is -2.24. The first-order chi connectivity index (χ1) is 17.3. The first-order valence-corrected chi connectivity index (χ1v) is 13.3. The molecular weight excluding hydrogens is 507 g/mol. The second kappa shape index (κ2) is 9.82. The van der Waals surface area contributed by atoms with Crippen molar-refractivity contribution >= 4 is 44.2 Å². The Bertz CT molecular complexity index is 1560. The third-order valence-corrected chi connectivity index (χ3v) is 7.82. The van der Waals surface area contributed by atoms with Crippen molar-refractivity contribution in [3.63, 3.8) is 0 Å². The molecule has 0 saturated heterocycles. The van der Waals surface area contributed by atoms with Crippen LogP contribution in [-0.2, 0) is 15.8 Å². The molecule has 0 bridgehead atoms. The van der Waals surface area contributed by atoms with E-state index in [1.54, 1.807) is 30.3 Å². The van der Waals surface area contributed by atoms with Crippen LogP contribution in [0.4, 0.5) is 10.2 Å². The Balaban J connectivity index is 1.55. The molecule has 3 aromatic heterocycles. The van der Waals surface area contributed by atoms with Crippen LogP contribution < -0.4 is 5.32 Å². The number of fused-ring (bicyclic) bond motifs is 1. The van der Waals surface area contributed by atoms with Crippen molar-refractivity contribution in [1.29, 1.82) is 0 Å². The lowest BCUT2D eigenvalue weighted by molar-refractivity contribution is 0.313. The molecule has 186 valence electrons. The number of halogens is 2. The summed E-state index contributed by atoms with van der Waals surface area (Å²) in [6.45, 7) is 0. The molecule has 1 atom stereocenters. The third kappa shape index (κ3) is 4.89. The number of anilines is 1. The highest BCUT2D eigenvalue weighted by atomic mass is 35.5. The zero-order valence-corrected chi connectivity index (χ0v) is 20.5. The molecule has 1 aliphatic carbocycles. The van der Waals surface area contributed by atoms with Gasteiger partial charge in [0.05, 0.1) is 22.7 Å². The number of rotatable bonds is 6. The number of nitrogens with zero attached hydrogens (tertiary/aromatic N) is 5. The van der Waals surface area contributed by atoms with Gasteiger partial charge in [0.25, 0.3) is 0 Å². The fourth-order valence-electron chi connectivity index (χ4n) is 4.35. The Hall–Kier alpha value is -3.57. The van der Waals surface area contributed by atoms with Gasteiger partial charge < -0.3 is 10.5 Å². The van der Waals surface area contributed by atoms with Crippen LogP contribution >= 0.6 is 11.6 Å². The summed E-state index contributed by atoms with van der Waals surface area (Å²) in [6, 6.07) is 10.2. The Kier molecular flexibility index (Phi) is 6.59. The molecular formula is C24H22ClFN6O3S. The number of hydrogen-bond acceptors (Lipinski definition) is 8. The largest absolute Gasteiger partial charge is 0.411 e. The van der Waals surface area contributed by atoms with E-state index >= 15 is 0 Å². The molecule has 0 spiro atoms. The molecule has 1 saturated carbocycles. The summed E-state index contributed by atoms with van der Waals surface area (Å²) < 4.78 is 42.4. The molecule has 0 aliphatic heterocycles. The summed E-state index contributed by atoms with van der Waals surface area (Å²) in [4.78, 5) is 12.7. The quantitative estimate of drug-likeness (QED) is 0.271. The minimum Gasteiger partial charge on any atom is -0.411 e. The van der Waals surface area contributed by atoms with Crippen LogP contribution in [0, 0.1) is 5.82 Å². The van der Waals surface area contributed by atoms with Crippen LogP contribution in [0.25, 0.3) is 22.4 Å². The van der Waals surface area contributed by atoms with Gasteiger partial charge in [0.15, 0.2) is 23.1 Å². The Morgan fingerprint density at radius 2 is 2.03 bits per heavy atom. The summed E-state index contributed by atoms with van der Waals surface area (Å²) >= 11 is 6.18. The van der Waals surface area contributed by atoms with Gasteiger partial charge >= 0.3 is 0 Å². The van der Waals surface area contributed by atoms with E-state index in [2.05, 4.69) is 25.4 Å². The lowest BCUT2D eigenvalue weighted by Crippen LogP contribution is -2.28. The SMILES string of the molecule is O=S(=O)(Cc1ccccc1)n1cc(-c2ncc(F)c(N[C@H]3CCCC(=NO)C3)n2)c2cc(Cl)cnc21. The number of hydrogen-bond donors (Lipinski definition) is 2. The molecule has 36 heavy (non-hydrogen) atoms. The summed E-state index contributed by atoms with van der Waals surface area (Å²) in [6.07, 6.45) is 6.50. The monoisotopic (exact) mass is 528 g/mol. The van der Waals surface area contributed by atoms with Crippen LogP contribution in [0.5, 0.6) is 0 Å². The molecule has 5 rings (SSSR count). The highest BCUT2D eigenvalue weighted by Crippen LogP contribution is 2.32. The van der Waals surface area contributed by atoms with E-state index < -0.39 is 15.8 Å². The van der Waals surface area contributed by atoms with Gasteiger partial charge in [-0.1, -0.05) is 47.1 Å². The van der Waals surface area contributed by atoms with Crippen LogP contribution in [-0.4, -0.2) is 44.3 Å². The highest BCUT2D eigenvalue weighted by molar-refractivity contribution is 7.89. The summed E-state index contributed by atoms with van der Waals surface area (Å²) in [5.74, 6) is -0.793. The first kappa shape index (κ1) is 24.1. The third-order valence-electron chi connectivity index (χ3n) is 6.04. The van der Waals surface area contributed by atoms with Gasteiger partial charge in [0, 0.05) is 35.8 Å². The average molecular weight is 529 g/mol. The molecule has 9 nitrogen and oxygen atoms in total. The zero-order valence-electron chi connectivity index (χ0n) is 19.0. The van der Waals surface area contributed by atoms with Gasteiger partial charge in [-0.25, -0.2) is 31.7 Å². The predicted molar refractivity (Wildman–Crippen MR) is 135 cm³/mol. The van der Waals surface area contributed by atoms with Crippen molar-refractivity contribution in [2.24, 2.45) is 5.16 Å². The molecule has 0 unspecified atom stereocenters. The first-order valence-electron chi connectivity index (χ1n) is 11.3. The van der Waals surface area contributed by atoms with Crippen molar-refractivity contribution < 1.29 is 18.0 Å². The molecule has 1 aromatic carbocycles. The van der Waals surface area contributed by atoms with Gasteiger partial charge in [0.2, 0.25) is 10.0 Å². The maximum absolute atomic E-state index is 14.6. The number of nitrogens with one attached hydrogen (secondary N) is 1. The van der Waals surface area contributed by atoms with Gasteiger partial charge in [-0.15, -0.1) is 0 Å². The summed E-state index contributed by atoms with van der Waals surface area (Å²) in [7, 11) is -3.86. The van der Waals surface area contributed by atoms with E-state index in [1.807, 2.05) is 6.07 Å². The Morgan fingerprint density at radius 1 is 1.22 bits per heavy atom. The zero-order chi connectivity index (χ0) is 25.3. The molecule has 1 fully saturated rings. The van der Waals surface area contributed by atoms with Gasteiger partial charge in [-0.3, -0.25) is 0 Å². The number of pyridine rings is 1. The number of benzene rings is 1. The van der Waals surface area contributed by atoms with E-state index in [0.717, 1.165) is 23.0 Å². The maximum atomic E-state index is 14.6. The number of aromatic nitrogens is 4. The molecule has 3 heterocycles. The Labute approximate surface area is 211 Å². The predicted octanol–water partition coefficient (Wildman–Crippen LogP) is 4.85. The average Bonchev–Trinajstić information content (AvgIpc) is 3.25. The van der Waals surface area contributed by atoms with Crippen LogP contribution in [0.3, 0.4) is 0 Å². The molecule has 2 N–H and O–H groups in total. The van der Waals surface area contributed by atoms with E-state index in [1.165, 1.54) is 12.4 Å². The van der Waals surface area contributed by atoms with Crippen molar-refractivity contribution in [1.82, 2.24) is 18.9 Å². The van der Waals surface area contributed by atoms with E-state index in [4.69, 9.17) is 16.8 Å². The van der Waals surface area contributed by atoms with Crippen molar-refractivity contribution in [3.8, 4) is 11.4 Å². The van der Waals surface area contributed by atoms with E-state index in [-0.39, 0.29) is 29.1 Å². The van der Waals surface area contributed by atoms with Crippen molar-refractivity contribution in [2.75, 3.05) is 5.32 Å². The summed E-state index contributed by atoms with van der Waals surface area (Å²) in [5, 5.41) is 16.2. The van der Waals surface area contributed by atoms with Gasteiger partial charge in [-0.2, -0.15) is 0 Å². The topological polar surface area (TPSA) is 122 Å². The smallest absolute Gasteiger partial charge is 0.244 e. The van der Waals surface area contributed by atoms with E-state index in [9.17, 15) is 12.8 Å². The fourth-order valence-corrected chi connectivity index (χ4v) is 5.93. The molecule has 0 amide bonds. The van der Waals surface area contributed by atoms with Gasteiger partial charge in [0.1, 0.15) is 0 Å². The molecule has 0 radical (unpaired) electrons. The summed E-state index contributed by atoms with van der Waals surface area (Å²) in [5.41, 5.74) is 1.78. The second-order valence-electron chi connectivity index (χ2n) is 8.60. The van der Waals surface area contributed by atoms with Gasteiger partial charge in [-0.05, 0) is 30.9 Å². The lowest BCUT2D eigenvalue weighted by atomic mass is 9.94. The number of oxime groups is 1.